The van der Waals surface area contributed by atoms with Crippen molar-refractivity contribution in [1.29, 1.82) is 0 Å². The lowest BCUT2D eigenvalue weighted by Gasteiger charge is -1.99. The fourth-order valence-electron chi connectivity index (χ4n) is 1.50. The van der Waals surface area contributed by atoms with Crippen LogP contribution < -0.4 is 5.32 Å². The number of rotatable bonds is 4. The topological polar surface area (TPSA) is 63.8 Å². The van der Waals surface area contributed by atoms with Gasteiger partial charge >= 0.3 is 18.1 Å². The molecule has 102 valence electrons. The van der Waals surface area contributed by atoms with E-state index in [0.717, 1.165) is 10.7 Å². The van der Waals surface area contributed by atoms with Gasteiger partial charge in [-0.25, -0.2) is 4.98 Å². The number of alkyl halides is 3. The first kappa shape index (κ1) is 12.4. The molecule has 0 bridgehead atoms. The van der Waals surface area contributed by atoms with E-state index in [1.807, 2.05) is 5.38 Å². The summed E-state index contributed by atoms with van der Waals surface area (Å²) in [7, 11) is 0. The second kappa shape index (κ2) is 4.48. The molecule has 5 nitrogen and oxygen atoms in total. The van der Waals surface area contributed by atoms with Gasteiger partial charge in [-0.3, -0.25) is 0 Å². The molecule has 3 rings (SSSR count). The summed E-state index contributed by atoms with van der Waals surface area (Å²) in [6.07, 6.45) is -2.29. The van der Waals surface area contributed by atoms with Crippen LogP contribution in [0.25, 0.3) is 0 Å². The zero-order valence-corrected chi connectivity index (χ0v) is 10.4. The van der Waals surface area contributed by atoms with Crippen molar-refractivity contribution in [2.24, 2.45) is 0 Å². The van der Waals surface area contributed by atoms with Crippen LogP contribution in [-0.2, 0) is 12.7 Å². The molecule has 1 aliphatic rings. The molecule has 2 heterocycles. The maximum atomic E-state index is 12.2. The molecule has 1 saturated carbocycles. The normalized spacial score (nSPS) is 15.7. The van der Waals surface area contributed by atoms with Crippen molar-refractivity contribution in [3.63, 3.8) is 0 Å². The molecule has 19 heavy (non-hydrogen) atoms. The van der Waals surface area contributed by atoms with Crippen molar-refractivity contribution in [2.75, 3.05) is 5.32 Å². The van der Waals surface area contributed by atoms with Crippen LogP contribution in [0.3, 0.4) is 0 Å². The third kappa shape index (κ3) is 2.86. The average molecular weight is 290 g/mol. The lowest BCUT2D eigenvalue weighted by atomic mass is 10.4. The van der Waals surface area contributed by atoms with Crippen LogP contribution in [0.15, 0.2) is 9.80 Å². The first-order valence-electron chi connectivity index (χ1n) is 5.61. The van der Waals surface area contributed by atoms with Gasteiger partial charge in [0.05, 0.1) is 17.2 Å². The highest BCUT2D eigenvalue weighted by molar-refractivity contribution is 7.09. The Morgan fingerprint density at radius 3 is 2.79 bits per heavy atom. The predicted octanol–water partition coefficient (Wildman–Crippen LogP) is 3.03. The van der Waals surface area contributed by atoms with Crippen LogP contribution in [0.1, 0.15) is 35.4 Å². The van der Waals surface area contributed by atoms with Gasteiger partial charge in [-0.15, -0.1) is 16.4 Å². The molecular weight excluding hydrogens is 281 g/mol. The molecule has 0 saturated heterocycles. The van der Waals surface area contributed by atoms with Gasteiger partial charge in [-0.05, 0) is 12.8 Å². The highest BCUT2D eigenvalue weighted by atomic mass is 32.1. The smallest absolute Gasteiger partial charge is 0.399 e. The van der Waals surface area contributed by atoms with Gasteiger partial charge < -0.3 is 9.73 Å². The first-order valence-corrected chi connectivity index (χ1v) is 6.49. The van der Waals surface area contributed by atoms with Gasteiger partial charge in [0, 0.05) is 11.3 Å². The highest BCUT2D eigenvalue weighted by Gasteiger charge is 2.38. The fourth-order valence-corrected chi connectivity index (χ4v) is 2.49. The summed E-state index contributed by atoms with van der Waals surface area (Å²) >= 11 is 1.57. The van der Waals surface area contributed by atoms with Crippen molar-refractivity contribution in [1.82, 2.24) is 15.2 Å². The molecule has 0 atom stereocenters. The van der Waals surface area contributed by atoms with Gasteiger partial charge in [-0.1, -0.05) is 5.10 Å². The Morgan fingerprint density at radius 2 is 2.16 bits per heavy atom. The Balaban J connectivity index is 1.60. The minimum absolute atomic E-state index is 0.256. The lowest BCUT2D eigenvalue weighted by molar-refractivity contribution is -0.156. The zero-order valence-electron chi connectivity index (χ0n) is 9.57. The Bertz CT molecular complexity index is 575. The second-order valence-electron chi connectivity index (χ2n) is 4.22. The fraction of sp³-hybridized carbons (Fsp3) is 0.500. The molecule has 0 aromatic carbocycles. The van der Waals surface area contributed by atoms with Crippen molar-refractivity contribution in [3.8, 4) is 0 Å². The second-order valence-corrected chi connectivity index (χ2v) is 5.10. The van der Waals surface area contributed by atoms with Crippen LogP contribution >= 0.6 is 11.3 Å². The predicted molar refractivity (Wildman–Crippen MR) is 60.7 cm³/mol. The minimum Gasteiger partial charge on any atom is -0.399 e. The molecule has 0 spiro atoms. The molecule has 1 fully saturated rings. The minimum atomic E-state index is -4.62. The van der Waals surface area contributed by atoms with E-state index in [1.165, 1.54) is 12.8 Å². The molecule has 0 aliphatic heterocycles. The monoisotopic (exact) mass is 290 g/mol. The van der Waals surface area contributed by atoms with E-state index in [4.69, 9.17) is 0 Å². The lowest BCUT2D eigenvalue weighted by Crippen LogP contribution is -2.04. The van der Waals surface area contributed by atoms with Gasteiger partial charge in [0.2, 0.25) is 0 Å². The Labute approximate surface area is 109 Å². The number of nitrogens with zero attached hydrogens (tertiary/aromatic N) is 3. The summed E-state index contributed by atoms with van der Waals surface area (Å²) in [6, 6.07) is -0.256. The van der Waals surface area contributed by atoms with Gasteiger partial charge in [0.1, 0.15) is 0 Å². The van der Waals surface area contributed by atoms with E-state index in [1.54, 1.807) is 11.3 Å². The van der Waals surface area contributed by atoms with Gasteiger partial charge in [0.25, 0.3) is 0 Å². The molecular formula is C10H9F3N4OS. The summed E-state index contributed by atoms with van der Waals surface area (Å²) in [4.78, 5) is 4.39. The number of nitrogens with one attached hydrogen (secondary N) is 1. The molecule has 1 N–H and O–H groups in total. The van der Waals surface area contributed by atoms with Gasteiger partial charge in [-0.2, -0.15) is 13.2 Å². The third-order valence-corrected chi connectivity index (χ3v) is 3.64. The van der Waals surface area contributed by atoms with Crippen LogP contribution in [0.4, 0.5) is 19.2 Å². The van der Waals surface area contributed by atoms with Crippen molar-refractivity contribution in [3.05, 3.63) is 22.0 Å². The number of hydrogen-bond acceptors (Lipinski definition) is 6. The van der Waals surface area contributed by atoms with Gasteiger partial charge in [0.15, 0.2) is 0 Å². The maximum Gasteiger partial charge on any atom is 0.470 e. The summed E-state index contributed by atoms with van der Waals surface area (Å²) in [6.45, 7) is 0.267. The van der Waals surface area contributed by atoms with E-state index in [0.29, 0.717) is 5.92 Å². The number of halogens is 3. The van der Waals surface area contributed by atoms with Crippen molar-refractivity contribution in [2.45, 2.75) is 31.5 Å². The molecule has 2 aromatic heterocycles. The van der Waals surface area contributed by atoms with E-state index in [2.05, 4.69) is 24.9 Å². The Kier molecular flexibility index (Phi) is 2.92. The largest absolute Gasteiger partial charge is 0.470 e. The molecule has 9 heteroatoms. The maximum absolute atomic E-state index is 12.2. The molecule has 1 aliphatic carbocycles. The van der Waals surface area contributed by atoms with E-state index < -0.39 is 12.1 Å². The summed E-state index contributed by atoms with van der Waals surface area (Å²) < 4.78 is 41.1. The summed E-state index contributed by atoms with van der Waals surface area (Å²) in [5.41, 5.74) is 0.763. The number of anilines is 1. The SMILES string of the molecule is FC(F)(F)c1nnc(NCc2csc(C3CC3)n2)o1. The average Bonchev–Trinajstić information content (AvgIpc) is 2.91. The standard InChI is InChI=1S/C10H9F3N4OS/c11-10(12,13)8-16-17-9(18-8)14-3-6-4-19-7(15-6)5-1-2-5/h4-5H,1-3H2,(H,14,17). The highest BCUT2D eigenvalue weighted by Crippen LogP contribution is 2.41. The summed E-state index contributed by atoms with van der Waals surface area (Å²) in [5, 5.41) is 11.8. The molecule has 0 radical (unpaired) electrons. The quantitative estimate of drug-likeness (QED) is 0.937. The van der Waals surface area contributed by atoms with Crippen LogP contribution in [0.2, 0.25) is 0 Å². The molecule has 2 aromatic rings. The van der Waals surface area contributed by atoms with E-state index in [-0.39, 0.29) is 12.6 Å². The number of aromatic nitrogens is 3. The van der Waals surface area contributed by atoms with Crippen LogP contribution in [-0.4, -0.2) is 15.2 Å². The van der Waals surface area contributed by atoms with Crippen LogP contribution in [0, 0.1) is 0 Å². The van der Waals surface area contributed by atoms with E-state index in [9.17, 15) is 13.2 Å². The number of hydrogen-bond donors (Lipinski definition) is 1. The van der Waals surface area contributed by atoms with Crippen molar-refractivity contribution < 1.29 is 17.6 Å². The summed E-state index contributed by atoms with van der Waals surface area (Å²) in [5.74, 6) is -0.786. The zero-order chi connectivity index (χ0) is 13.5. The molecule has 0 amide bonds. The Morgan fingerprint density at radius 1 is 1.37 bits per heavy atom. The van der Waals surface area contributed by atoms with Crippen molar-refractivity contribution >= 4 is 17.4 Å². The van der Waals surface area contributed by atoms with Crippen LogP contribution in [0.5, 0.6) is 0 Å². The molecule has 0 unspecified atom stereocenters. The Hall–Kier alpha value is -1.64. The third-order valence-electron chi connectivity index (χ3n) is 2.58. The first-order chi connectivity index (χ1) is 9.02. The van der Waals surface area contributed by atoms with E-state index >= 15 is 0 Å². The number of thiazole rings is 1.